The van der Waals surface area contributed by atoms with E-state index in [1.54, 1.807) is 0 Å². The molecule has 1 N–H and O–H groups in total. The van der Waals surface area contributed by atoms with Gasteiger partial charge in [-0.25, -0.2) is 0 Å². The summed E-state index contributed by atoms with van der Waals surface area (Å²) in [6, 6.07) is 0. The Morgan fingerprint density at radius 1 is 1.19 bits per heavy atom. The van der Waals surface area contributed by atoms with Crippen LogP contribution < -0.4 is 5.32 Å². The summed E-state index contributed by atoms with van der Waals surface area (Å²) in [6.45, 7) is 17.1. The predicted molar refractivity (Wildman–Crippen MR) is 97.0 cm³/mol. The van der Waals surface area contributed by atoms with Crippen LogP contribution in [0.3, 0.4) is 0 Å². The summed E-state index contributed by atoms with van der Waals surface area (Å²) in [7, 11) is 0. The third-order valence-electron chi connectivity index (χ3n) is 4.29. The highest BCUT2D eigenvalue weighted by atomic mass is 15.1. The average molecular weight is 297 g/mol. The van der Waals surface area contributed by atoms with Crippen LogP contribution in [0.5, 0.6) is 0 Å². The van der Waals surface area contributed by atoms with Gasteiger partial charge in [0.2, 0.25) is 0 Å². The number of piperidine rings is 1. The van der Waals surface area contributed by atoms with Crippen LogP contribution in [0, 0.1) is 5.92 Å². The molecular formula is C19H40N2. The van der Waals surface area contributed by atoms with E-state index in [0.29, 0.717) is 0 Å². The largest absolute Gasteiger partial charge is 0.316 e. The van der Waals surface area contributed by atoms with Crippen LogP contribution in [0.4, 0.5) is 0 Å². The predicted octanol–water partition coefficient (Wildman–Crippen LogP) is 4.86. The van der Waals surface area contributed by atoms with Crippen molar-refractivity contribution >= 4 is 0 Å². The van der Waals surface area contributed by atoms with E-state index >= 15 is 0 Å². The lowest BCUT2D eigenvalue weighted by molar-refractivity contribution is 0.225. The highest BCUT2D eigenvalue weighted by Crippen LogP contribution is 2.11. The van der Waals surface area contributed by atoms with Gasteiger partial charge < -0.3 is 10.2 Å². The van der Waals surface area contributed by atoms with Crippen LogP contribution in [-0.2, 0) is 0 Å². The van der Waals surface area contributed by atoms with Crippen LogP contribution in [0.1, 0.15) is 73.1 Å². The summed E-state index contributed by atoms with van der Waals surface area (Å²) in [6.07, 6.45) is 10.4. The molecule has 126 valence electrons. The number of likely N-dealkylation sites (tertiary alicyclic amines) is 1. The third-order valence-corrected chi connectivity index (χ3v) is 4.29. The van der Waals surface area contributed by atoms with Crippen LogP contribution >= 0.6 is 0 Å². The zero-order chi connectivity index (χ0) is 15.9. The van der Waals surface area contributed by atoms with Gasteiger partial charge in [-0.15, -0.1) is 0 Å². The van der Waals surface area contributed by atoms with E-state index < -0.39 is 0 Å². The lowest BCUT2D eigenvalue weighted by atomic mass is 10.0. The molecule has 2 heteroatoms. The first kappa shape index (κ1) is 20.7. The Labute approximate surface area is 134 Å². The summed E-state index contributed by atoms with van der Waals surface area (Å²) in [5, 5.41) is 3.62. The van der Waals surface area contributed by atoms with Gasteiger partial charge >= 0.3 is 0 Å². The van der Waals surface area contributed by atoms with Gasteiger partial charge in [0, 0.05) is 0 Å². The second-order valence-electron chi connectivity index (χ2n) is 6.24. The molecule has 0 aromatic rings. The second-order valence-corrected chi connectivity index (χ2v) is 6.24. The lowest BCUT2D eigenvalue weighted by Gasteiger charge is -2.26. The Morgan fingerprint density at radius 3 is 2.48 bits per heavy atom. The van der Waals surface area contributed by atoms with Crippen LogP contribution in [0.15, 0.2) is 11.6 Å². The Balaban J connectivity index is 0.00000191. The fourth-order valence-corrected chi connectivity index (χ4v) is 2.68. The quantitative estimate of drug-likeness (QED) is 0.483. The number of hydrogen-bond acceptors (Lipinski definition) is 2. The highest BCUT2D eigenvalue weighted by Gasteiger charge is 2.08. The highest BCUT2D eigenvalue weighted by molar-refractivity contribution is 4.95. The molecule has 0 saturated carbocycles. The Kier molecular flexibility index (Phi) is 14.4. The van der Waals surface area contributed by atoms with Crippen LogP contribution in [-0.4, -0.2) is 37.6 Å². The Hall–Kier alpha value is -0.340. The number of rotatable bonds is 9. The number of hydrogen-bond donors (Lipinski definition) is 1. The van der Waals surface area contributed by atoms with Gasteiger partial charge in [0.1, 0.15) is 0 Å². The minimum Gasteiger partial charge on any atom is -0.316 e. The van der Waals surface area contributed by atoms with Gasteiger partial charge in [-0.2, -0.15) is 0 Å². The maximum Gasteiger partial charge on any atom is -0.000664 e. The van der Waals surface area contributed by atoms with E-state index in [-0.39, 0.29) is 0 Å². The number of nitrogens with one attached hydrogen (secondary N) is 1. The standard InChI is InChI=1S/C17H34N2.C2H6/c1-4-16(2)9-10-17(3)15-18-11-8-14-19-12-6-5-7-13-19;1-2/h4,17-18H,5-15H2,1-3H3;1-2H3/b16-4-;. The molecule has 1 atom stereocenters. The van der Waals surface area contributed by atoms with Crippen LogP contribution in [0.25, 0.3) is 0 Å². The zero-order valence-electron chi connectivity index (χ0n) is 15.4. The fourth-order valence-electron chi connectivity index (χ4n) is 2.68. The molecule has 1 aliphatic heterocycles. The van der Waals surface area contributed by atoms with Gasteiger partial charge in [0.05, 0.1) is 0 Å². The van der Waals surface area contributed by atoms with E-state index in [1.807, 2.05) is 13.8 Å². The summed E-state index contributed by atoms with van der Waals surface area (Å²) < 4.78 is 0. The maximum absolute atomic E-state index is 3.62. The van der Waals surface area contributed by atoms with Crippen molar-refractivity contribution < 1.29 is 0 Å². The molecule has 1 saturated heterocycles. The molecule has 1 unspecified atom stereocenters. The molecule has 2 nitrogen and oxygen atoms in total. The molecule has 0 aromatic carbocycles. The smallest absolute Gasteiger partial charge is 0.000664 e. The summed E-state index contributed by atoms with van der Waals surface area (Å²) in [5.41, 5.74) is 1.52. The molecule has 0 bridgehead atoms. The van der Waals surface area contributed by atoms with Crippen molar-refractivity contribution in [2.24, 2.45) is 5.92 Å². The molecule has 1 fully saturated rings. The van der Waals surface area contributed by atoms with Crippen molar-refractivity contribution in [2.75, 3.05) is 32.7 Å². The number of allylic oxidation sites excluding steroid dienone is 2. The summed E-state index contributed by atoms with van der Waals surface area (Å²) in [4.78, 5) is 2.63. The van der Waals surface area contributed by atoms with Crippen molar-refractivity contribution in [3.8, 4) is 0 Å². The molecule has 21 heavy (non-hydrogen) atoms. The SMILES string of the molecule is C/C=C(/C)CCC(C)CNCCCN1CCCCC1.CC. The monoisotopic (exact) mass is 296 g/mol. The molecule has 1 rings (SSSR count). The first-order valence-corrected chi connectivity index (χ1v) is 9.27. The molecule has 0 amide bonds. The van der Waals surface area contributed by atoms with Gasteiger partial charge in [-0.05, 0) is 84.6 Å². The fraction of sp³-hybridized carbons (Fsp3) is 0.895. The van der Waals surface area contributed by atoms with Gasteiger partial charge in [-0.3, -0.25) is 0 Å². The van der Waals surface area contributed by atoms with Crippen LogP contribution in [0.2, 0.25) is 0 Å². The van der Waals surface area contributed by atoms with E-state index in [0.717, 1.165) is 5.92 Å². The first-order valence-electron chi connectivity index (χ1n) is 9.27. The van der Waals surface area contributed by atoms with Crippen molar-refractivity contribution in [3.63, 3.8) is 0 Å². The van der Waals surface area contributed by atoms with Gasteiger partial charge in [-0.1, -0.05) is 38.8 Å². The minimum absolute atomic E-state index is 0.796. The molecule has 0 spiro atoms. The molecule has 0 radical (unpaired) electrons. The van der Waals surface area contributed by atoms with Gasteiger partial charge in [0.25, 0.3) is 0 Å². The van der Waals surface area contributed by atoms with E-state index in [9.17, 15) is 0 Å². The Morgan fingerprint density at radius 2 is 1.86 bits per heavy atom. The Bertz CT molecular complexity index is 242. The third kappa shape index (κ3) is 11.9. The second kappa shape index (κ2) is 14.6. The molecular weight excluding hydrogens is 256 g/mol. The first-order chi connectivity index (χ1) is 10.2. The topological polar surface area (TPSA) is 15.3 Å². The average Bonchev–Trinajstić information content (AvgIpc) is 2.55. The number of nitrogens with zero attached hydrogens (tertiary/aromatic N) is 1. The van der Waals surface area contributed by atoms with Crippen molar-refractivity contribution in [1.82, 2.24) is 10.2 Å². The minimum atomic E-state index is 0.796. The summed E-state index contributed by atoms with van der Waals surface area (Å²) >= 11 is 0. The maximum atomic E-state index is 3.62. The summed E-state index contributed by atoms with van der Waals surface area (Å²) in [5.74, 6) is 0.796. The van der Waals surface area contributed by atoms with Gasteiger partial charge in [0.15, 0.2) is 0 Å². The van der Waals surface area contributed by atoms with E-state index in [4.69, 9.17) is 0 Å². The molecule has 1 aliphatic rings. The lowest BCUT2D eigenvalue weighted by Crippen LogP contribution is -2.32. The normalized spacial score (nSPS) is 18.0. The van der Waals surface area contributed by atoms with Crippen molar-refractivity contribution in [1.29, 1.82) is 0 Å². The molecule has 0 aromatic heterocycles. The van der Waals surface area contributed by atoms with Crippen molar-refractivity contribution in [3.05, 3.63) is 11.6 Å². The molecule has 1 heterocycles. The molecule has 0 aliphatic carbocycles. The van der Waals surface area contributed by atoms with E-state index in [1.165, 1.54) is 76.8 Å². The van der Waals surface area contributed by atoms with Crippen molar-refractivity contribution in [2.45, 2.75) is 73.1 Å². The zero-order valence-corrected chi connectivity index (χ0v) is 15.4. The van der Waals surface area contributed by atoms with E-state index in [2.05, 4.69) is 37.1 Å².